The quantitative estimate of drug-likeness (QED) is 0.148. The van der Waals surface area contributed by atoms with Crippen molar-refractivity contribution in [2.45, 2.75) is 50.4 Å². The topological polar surface area (TPSA) is 77.3 Å². The number of piperidine rings is 1. The summed E-state index contributed by atoms with van der Waals surface area (Å²) in [7, 11) is 0. The molecule has 0 radical (unpaired) electrons. The minimum absolute atomic E-state index is 0.0386. The number of likely N-dealkylation sites (tertiary alicyclic amines) is 1. The lowest BCUT2D eigenvalue weighted by molar-refractivity contribution is -0.143. The van der Waals surface area contributed by atoms with E-state index in [0.717, 1.165) is 24.2 Å². The summed E-state index contributed by atoms with van der Waals surface area (Å²) in [5, 5.41) is 8.63. The van der Waals surface area contributed by atoms with Gasteiger partial charge in [0.15, 0.2) is 5.12 Å². The zero-order chi connectivity index (χ0) is 30.1. The summed E-state index contributed by atoms with van der Waals surface area (Å²) in [6.07, 6.45) is 5.64. The van der Waals surface area contributed by atoms with E-state index in [0.29, 0.717) is 32.5 Å². The second kappa shape index (κ2) is 14.4. The van der Waals surface area contributed by atoms with Gasteiger partial charge in [-0.05, 0) is 48.1 Å². The highest BCUT2D eigenvalue weighted by Crippen LogP contribution is 2.45. The van der Waals surface area contributed by atoms with Gasteiger partial charge in [0, 0.05) is 38.2 Å². The predicted molar refractivity (Wildman–Crippen MR) is 171 cm³/mol. The lowest BCUT2D eigenvalue weighted by Gasteiger charge is -2.49. The smallest absolute Gasteiger partial charge is 0.305 e. The maximum atomic E-state index is 12.4. The maximum Gasteiger partial charge on any atom is 0.305 e. The molecule has 1 aliphatic heterocycles. The lowest BCUT2D eigenvalue weighted by Crippen LogP contribution is -2.52. The molecule has 43 heavy (non-hydrogen) atoms. The molecule has 0 spiro atoms. The second-order valence-electron chi connectivity index (χ2n) is 10.6. The van der Waals surface area contributed by atoms with E-state index in [1.54, 1.807) is 13.1 Å². The molecule has 1 saturated heterocycles. The average molecular weight is 595 g/mol. The van der Waals surface area contributed by atoms with Gasteiger partial charge >= 0.3 is 5.97 Å². The molecule has 5 rings (SSSR count). The molecule has 0 aliphatic carbocycles. The SMILES string of the molecule is CCOC(=O)CCCn1nncc1/C=C1/CN(C(c2ccccc2)(c2ccccc2)c2ccccc2)CCC1SC(C)=O. The Balaban J connectivity index is 1.57. The van der Waals surface area contributed by atoms with Gasteiger partial charge in [-0.2, -0.15) is 0 Å². The molecule has 4 aromatic rings. The Kier molecular flexibility index (Phi) is 10.2. The van der Waals surface area contributed by atoms with Gasteiger partial charge in [0.05, 0.1) is 24.0 Å². The van der Waals surface area contributed by atoms with Gasteiger partial charge in [0.25, 0.3) is 0 Å². The standard InChI is InChI=1S/C35H38N4O3S/c1-3-42-34(41)20-13-22-39-32(25-36-37-39)24-28-26-38(23-21-33(28)43-27(2)40)35(29-14-7-4-8-15-29,30-16-9-5-10-17-30)31-18-11-6-12-19-31/h4-12,14-19,24-25,33H,3,13,20-23,26H2,1-2H3/b28-24-. The Morgan fingerprint density at radius 2 is 1.53 bits per heavy atom. The number of nitrogens with zero attached hydrogens (tertiary/aromatic N) is 4. The van der Waals surface area contributed by atoms with Gasteiger partial charge in [-0.15, -0.1) is 5.10 Å². The van der Waals surface area contributed by atoms with Crippen LogP contribution in [0.3, 0.4) is 0 Å². The fourth-order valence-electron chi connectivity index (χ4n) is 6.05. The number of thioether (sulfide) groups is 1. The number of rotatable bonds is 11. The summed E-state index contributed by atoms with van der Waals surface area (Å²) < 4.78 is 6.91. The van der Waals surface area contributed by atoms with Gasteiger partial charge in [-0.25, -0.2) is 4.68 Å². The van der Waals surface area contributed by atoms with Crippen molar-refractivity contribution >= 4 is 28.9 Å². The molecule has 1 atom stereocenters. The van der Waals surface area contributed by atoms with Crippen molar-refractivity contribution in [1.82, 2.24) is 19.9 Å². The summed E-state index contributed by atoms with van der Waals surface area (Å²) in [6, 6.07) is 32.1. The van der Waals surface area contributed by atoms with Gasteiger partial charge < -0.3 is 4.74 Å². The minimum Gasteiger partial charge on any atom is -0.466 e. The van der Waals surface area contributed by atoms with Crippen molar-refractivity contribution in [2.24, 2.45) is 0 Å². The van der Waals surface area contributed by atoms with Crippen LogP contribution in [0.25, 0.3) is 6.08 Å². The van der Waals surface area contributed by atoms with Crippen LogP contribution in [0.4, 0.5) is 0 Å². The Morgan fingerprint density at radius 3 is 2.07 bits per heavy atom. The van der Waals surface area contributed by atoms with Crippen LogP contribution in [0.5, 0.6) is 0 Å². The first-order valence-corrected chi connectivity index (χ1v) is 15.7. The lowest BCUT2D eigenvalue weighted by atomic mass is 9.74. The first kappa shape index (κ1) is 30.4. The summed E-state index contributed by atoms with van der Waals surface area (Å²) in [5.41, 5.74) is 5.03. The molecular weight excluding hydrogens is 556 g/mol. The number of esters is 1. The number of hydrogen-bond donors (Lipinski definition) is 0. The molecule has 0 bridgehead atoms. The fraction of sp³-hybridized carbons (Fsp3) is 0.314. The summed E-state index contributed by atoms with van der Waals surface area (Å²) in [5.74, 6) is -0.206. The van der Waals surface area contributed by atoms with Crippen molar-refractivity contribution in [3.63, 3.8) is 0 Å². The molecule has 1 aromatic heterocycles. The third-order valence-corrected chi connectivity index (χ3v) is 9.00. The van der Waals surface area contributed by atoms with Crippen LogP contribution in [0.1, 0.15) is 55.5 Å². The Bertz CT molecular complexity index is 1430. The Morgan fingerprint density at radius 1 is 0.953 bits per heavy atom. The third kappa shape index (κ3) is 6.98. The van der Waals surface area contributed by atoms with Gasteiger partial charge in [-0.1, -0.05) is 108 Å². The number of ether oxygens (including phenoxy) is 1. The molecule has 2 heterocycles. The Labute approximate surface area is 257 Å². The normalized spacial score (nSPS) is 16.7. The largest absolute Gasteiger partial charge is 0.466 e. The van der Waals surface area contributed by atoms with E-state index in [1.165, 1.54) is 28.5 Å². The zero-order valence-electron chi connectivity index (χ0n) is 24.8. The molecule has 222 valence electrons. The molecule has 1 unspecified atom stereocenters. The molecule has 8 heteroatoms. The molecular formula is C35H38N4O3S. The van der Waals surface area contributed by atoms with Crippen LogP contribution in [0.15, 0.2) is 103 Å². The number of aryl methyl sites for hydroxylation is 1. The molecule has 1 fully saturated rings. The van der Waals surface area contributed by atoms with Crippen LogP contribution in [-0.2, 0) is 26.4 Å². The van der Waals surface area contributed by atoms with E-state index in [4.69, 9.17) is 4.74 Å². The maximum absolute atomic E-state index is 12.4. The molecule has 0 N–H and O–H groups in total. The summed E-state index contributed by atoms with van der Waals surface area (Å²) in [6.45, 7) is 5.83. The number of carbonyl (C=O) groups excluding carboxylic acids is 2. The number of aromatic nitrogens is 3. The zero-order valence-corrected chi connectivity index (χ0v) is 25.6. The van der Waals surface area contributed by atoms with Crippen molar-refractivity contribution in [3.8, 4) is 0 Å². The Hall–Kier alpha value is -4.01. The van der Waals surface area contributed by atoms with E-state index in [2.05, 4.69) is 112 Å². The summed E-state index contributed by atoms with van der Waals surface area (Å²) >= 11 is 1.39. The van der Waals surface area contributed by atoms with Crippen molar-refractivity contribution < 1.29 is 14.3 Å². The van der Waals surface area contributed by atoms with Crippen LogP contribution < -0.4 is 0 Å². The first-order valence-electron chi connectivity index (χ1n) is 14.9. The van der Waals surface area contributed by atoms with Gasteiger partial charge in [-0.3, -0.25) is 14.5 Å². The number of benzene rings is 3. The number of hydrogen-bond acceptors (Lipinski definition) is 7. The van der Waals surface area contributed by atoms with Gasteiger partial charge in [0.1, 0.15) is 0 Å². The highest BCUT2D eigenvalue weighted by Gasteiger charge is 2.44. The van der Waals surface area contributed by atoms with Crippen LogP contribution in [0, 0.1) is 0 Å². The number of carbonyl (C=O) groups is 2. The van der Waals surface area contributed by atoms with E-state index in [1.807, 2.05) is 11.6 Å². The highest BCUT2D eigenvalue weighted by atomic mass is 32.2. The van der Waals surface area contributed by atoms with Gasteiger partial charge in [0.2, 0.25) is 0 Å². The van der Waals surface area contributed by atoms with E-state index < -0.39 is 5.54 Å². The molecule has 7 nitrogen and oxygen atoms in total. The highest BCUT2D eigenvalue weighted by molar-refractivity contribution is 8.14. The fourth-order valence-corrected chi connectivity index (χ4v) is 6.97. The van der Waals surface area contributed by atoms with Crippen molar-refractivity contribution in [2.75, 3.05) is 19.7 Å². The molecule has 0 amide bonds. The van der Waals surface area contributed by atoms with Crippen LogP contribution >= 0.6 is 11.8 Å². The molecule has 3 aromatic carbocycles. The first-order chi connectivity index (χ1) is 21.0. The van der Waals surface area contributed by atoms with Crippen molar-refractivity contribution in [3.05, 3.63) is 125 Å². The van der Waals surface area contributed by atoms with E-state index in [9.17, 15) is 9.59 Å². The van der Waals surface area contributed by atoms with Crippen molar-refractivity contribution in [1.29, 1.82) is 0 Å². The van der Waals surface area contributed by atoms with Crippen LogP contribution in [0.2, 0.25) is 0 Å². The monoisotopic (exact) mass is 594 g/mol. The second-order valence-corrected chi connectivity index (χ2v) is 12.0. The van der Waals surface area contributed by atoms with Crippen LogP contribution in [-0.4, -0.2) is 55.9 Å². The third-order valence-electron chi connectivity index (χ3n) is 7.84. The van der Waals surface area contributed by atoms with E-state index in [-0.39, 0.29) is 16.3 Å². The molecule has 1 aliphatic rings. The average Bonchev–Trinajstić information content (AvgIpc) is 3.47. The minimum atomic E-state index is -0.549. The van der Waals surface area contributed by atoms with E-state index >= 15 is 0 Å². The summed E-state index contributed by atoms with van der Waals surface area (Å²) in [4.78, 5) is 26.8. The molecule has 0 saturated carbocycles. The predicted octanol–water partition coefficient (Wildman–Crippen LogP) is 6.35.